The summed E-state index contributed by atoms with van der Waals surface area (Å²) in [5, 5.41) is 6.86. The highest BCUT2D eigenvalue weighted by Crippen LogP contribution is 2.36. The molecular weight excluding hydrogens is 393 g/mol. The van der Waals surface area contributed by atoms with Crippen LogP contribution < -0.4 is 10.6 Å². The van der Waals surface area contributed by atoms with E-state index in [1.165, 1.54) is 29.7 Å². The van der Waals surface area contributed by atoms with Gasteiger partial charge in [-0.2, -0.15) is 11.8 Å². The van der Waals surface area contributed by atoms with E-state index in [0.29, 0.717) is 4.75 Å². The van der Waals surface area contributed by atoms with Gasteiger partial charge in [0.25, 0.3) is 0 Å². The summed E-state index contributed by atoms with van der Waals surface area (Å²) in [4.78, 5) is 4.31. The van der Waals surface area contributed by atoms with Gasteiger partial charge in [0.2, 0.25) is 0 Å². The zero-order valence-electron chi connectivity index (χ0n) is 13.1. The number of benzene rings is 1. The zero-order valence-corrected chi connectivity index (χ0v) is 16.3. The van der Waals surface area contributed by atoms with Crippen molar-refractivity contribution in [1.29, 1.82) is 0 Å². The van der Waals surface area contributed by atoms with Gasteiger partial charge in [0.1, 0.15) is 0 Å². The molecule has 0 aliphatic carbocycles. The molecule has 0 spiro atoms. The molecule has 0 saturated carbocycles. The molecule has 1 aliphatic rings. The Morgan fingerprint density at radius 2 is 2.10 bits per heavy atom. The topological polar surface area (TPSA) is 36.4 Å². The fourth-order valence-corrected chi connectivity index (χ4v) is 3.70. The van der Waals surface area contributed by atoms with Crippen molar-refractivity contribution in [3.63, 3.8) is 0 Å². The van der Waals surface area contributed by atoms with E-state index < -0.39 is 0 Å². The third-order valence-corrected chi connectivity index (χ3v) is 5.40. The van der Waals surface area contributed by atoms with Gasteiger partial charge in [-0.25, -0.2) is 0 Å². The van der Waals surface area contributed by atoms with Crippen LogP contribution in [-0.2, 0) is 6.54 Å². The Hall–Kier alpha value is -0.430. The van der Waals surface area contributed by atoms with E-state index in [2.05, 4.69) is 65.5 Å². The lowest BCUT2D eigenvalue weighted by molar-refractivity contribution is 0.584. The zero-order chi connectivity index (χ0) is 14.4. The first-order valence-corrected chi connectivity index (χ1v) is 8.24. The predicted molar refractivity (Wildman–Crippen MR) is 105 cm³/mol. The highest BCUT2D eigenvalue weighted by Gasteiger charge is 2.29. The summed E-state index contributed by atoms with van der Waals surface area (Å²) in [5.41, 5.74) is 2.63. The van der Waals surface area contributed by atoms with Crippen molar-refractivity contribution >= 4 is 41.7 Å². The molecule has 2 rings (SSSR count). The summed E-state index contributed by atoms with van der Waals surface area (Å²) in [6, 6.07) is 8.45. The Labute approximate surface area is 149 Å². The average molecular weight is 419 g/mol. The fraction of sp³-hybridized carbons (Fsp3) is 0.562. The molecule has 0 aromatic heterocycles. The number of hydrogen-bond donors (Lipinski definition) is 2. The Bertz CT molecular complexity index is 470. The van der Waals surface area contributed by atoms with Crippen molar-refractivity contribution in [2.75, 3.05) is 19.3 Å². The highest BCUT2D eigenvalue weighted by molar-refractivity contribution is 14.0. The number of aliphatic imine (C=N–C) groups is 1. The summed E-state index contributed by atoms with van der Waals surface area (Å²) < 4.78 is 0.361. The first-order chi connectivity index (χ1) is 9.63. The number of halogens is 1. The number of aryl methyl sites for hydroxylation is 1. The minimum Gasteiger partial charge on any atom is -0.355 e. The minimum absolute atomic E-state index is 0. The molecule has 0 amide bonds. The maximum absolute atomic E-state index is 4.31. The summed E-state index contributed by atoms with van der Waals surface area (Å²) in [7, 11) is 1.83. The standard InChI is InChI=1S/C16H25N3S.HI/c1-13-7-4-5-8-14(13)11-18-15(17-3)19-12-16(2)9-6-10-20-16;/h4-5,7-8H,6,9-12H2,1-3H3,(H2,17,18,19);1H. The minimum atomic E-state index is 0. The third-order valence-electron chi connectivity index (χ3n) is 3.86. The van der Waals surface area contributed by atoms with Crippen LogP contribution in [0.1, 0.15) is 30.9 Å². The van der Waals surface area contributed by atoms with E-state index in [4.69, 9.17) is 0 Å². The van der Waals surface area contributed by atoms with Crippen LogP contribution in [0.25, 0.3) is 0 Å². The SMILES string of the molecule is CN=C(NCc1ccccc1C)NCC1(C)CCCS1.I. The Morgan fingerprint density at radius 1 is 1.33 bits per heavy atom. The van der Waals surface area contributed by atoms with Crippen LogP contribution >= 0.6 is 35.7 Å². The van der Waals surface area contributed by atoms with Crippen LogP contribution in [0.2, 0.25) is 0 Å². The van der Waals surface area contributed by atoms with Gasteiger partial charge in [0, 0.05) is 24.9 Å². The van der Waals surface area contributed by atoms with E-state index in [1.54, 1.807) is 0 Å². The largest absolute Gasteiger partial charge is 0.355 e. The lowest BCUT2D eigenvalue weighted by Crippen LogP contribution is -2.43. The van der Waals surface area contributed by atoms with Crippen LogP contribution in [0.15, 0.2) is 29.3 Å². The summed E-state index contributed by atoms with van der Waals surface area (Å²) in [5.74, 6) is 2.18. The molecule has 1 aliphatic heterocycles. The lowest BCUT2D eigenvalue weighted by atomic mass is 10.1. The van der Waals surface area contributed by atoms with Crippen molar-refractivity contribution in [3.05, 3.63) is 35.4 Å². The summed E-state index contributed by atoms with van der Waals surface area (Å²) in [6.07, 6.45) is 2.62. The van der Waals surface area contributed by atoms with Crippen molar-refractivity contribution < 1.29 is 0 Å². The molecular formula is C16H26IN3S. The van der Waals surface area contributed by atoms with Gasteiger partial charge in [0.05, 0.1) is 0 Å². The van der Waals surface area contributed by atoms with E-state index in [-0.39, 0.29) is 24.0 Å². The van der Waals surface area contributed by atoms with Gasteiger partial charge in [-0.05, 0) is 43.6 Å². The number of nitrogens with zero attached hydrogens (tertiary/aromatic N) is 1. The number of thioether (sulfide) groups is 1. The number of guanidine groups is 1. The second-order valence-corrected chi connectivity index (χ2v) is 7.29. The first-order valence-electron chi connectivity index (χ1n) is 7.26. The second kappa shape index (κ2) is 8.88. The molecule has 1 unspecified atom stereocenters. The Morgan fingerprint density at radius 3 is 2.71 bits per heavy atom. The van der Waals surface area contributed by atoms with Crippen LogP contribution in [0.3, 0.4) is 0 Å². The molecule has 5 heteroatoms. The molecule has 118 valence electrons. The molecule has 1 fully saturated rings. The molecule has 3 nitrogen and oxygen atoms in total. The lowest BCUT2D eigenvalue weighted by Gasteiger charge is -2.24. The van der Waals surface area contributed by atoms with Gasteiger partial charge in [-0.15, -0.1) is 24.0 Å². The highest BCUT2D eigenvalue weighted by atomic mass is 127. The molecule has 1 saturated heterocycles. The summed E-state index contributed by atoms with van der Waals surface area (Å²) >= 11 is 2.07. The molecule has 0 bridgehead atoms. The third kappa shape index (κ3) is 5.70. The maximum atomic E-state index is 4.31. The quantitative estimate of drug-likeness (QED) is 0.445. The normalized spacial score (nSPS) is 21.8. The Kier molecular flexibility index (Phi) is 7.87. The van der Waals surface area contributed by atoms with Crippen molar-refractivity contribution in [1.82, 2.24) is 10.6 Å². The monoisotopic (exact) mass is 419 g/mol. The van der Waals surface area contributed by atoms with Crippen LogP contribution in [0.4, 0.5) is 0 Å². The van der Waals surface area contributed by atoms with Gasteiger partial charge in [0.15, 0.2) is 5.96 Å². The number of hydrogen-bond acceptors (Lipinski definition) is 2. The first kappa shape index (κ1) is 18.6. The molecule has 21 heavy (non-hydrogen) atoms. The molecule has 1 aromatic carbocycles. The smallest absolute Gasteiger partial charge is 0.191 e. The Balaban J connectivity index is 0.00000220. The van der Waals surface area contributed by atoms with Crippen LogP contribution in [0.5, 0.6) is 0 Å². The fourth-order valence-electron chi connectivity index (χ4n) is 2.45. The van der Waals surface area contributed by atoms with Gasteiger partial charge >= 0.3 is 0 Å². The number of nitrogens with one attached hydrogen (secondary N) is 2. The van der Waals surface area contributed by atoms with Gasteiger partial charge in [-0.3, -0.25) is 4.99 Å². The van der Waals surface area contributed by atoms with Crippen molar-refractivity contribution in [3.8, 4) is 0 Å². The van der Waals surface area contributed by atoms with Crippen LogP contribution in [-0.4, -0.2) is 30.1 Å². The second-order valence-electron chi connectivity index (χ2n) is 5.61. The van der Waals surface area contributed by atoms with E-state index in [0.717, 1.165) is 19.0 Å². The average Bonchev–Trinajstić information content (AvgIpc) is 2.88. The predicted octanol–water partition coefficient (Wildman–Crippen LogP) is 3.56. The van der Waals surface area contributed by atoms with E-state index >= 15 is 0 Å². The molecule has 1 aromatic rings. The van der Waals surface area contributed by atoms with Gasteiger partial charge in [-0.1, -0.05) is 24.3 Å². The van der Waals surface area contributed by atoms with Gasteiger partial charge < -0.3 is 10.6 Å². The maximum Gasteiger partial charge on any atom is 0.191 e. The molecule has 0 radical (unpaired) electrons. The van der Waals surface area contributed by atoms with Crippen molar-refractivity contribution in [2.45, 2.75) is 38.0 Å². The molecule has 2 N–H and O–H groups in total. The summed E-state index contributed by atoms with van der Waals surface area (Å²) in [6.45, 7) is 6.27. The molecule has 1 atom stereocenters. The van der Waals surface area contributed by atoms with Crippen molar-refractivity contribution in [2.24, 2.45) is 4.99 Å². The van der Waals surface area contributed by atoms with E-state index in [9.17, 15) is 0 Å². The van der Waals surface area contributed by atoms with Crippen LogP contribution in [0, 0.1) is 6.92 Å². The molecule has 1 heterocycles. The van der Waals surface area contributed by atoms with E-state index in [1.807, 2.05) is 7.05 Å². The number of rotatable bonds is 4.